The minimum atomic E-state index is -4.26. The second-order valence-electron chi connectivity index (χ2n) is 3.08. The second kappa shape index (κ2) is 4.88. The predicted molar refractivity (Wildman–Crippen MR) is 53.2 cm³/mol. The minimum absolute atomic E-state index is 0.506. The van der Waals surface area contributed by atoms with Gasteiger partial charge in [-0.15, -0.1) is 5.92 Å². The molecule has 0 nitrogen and oxygen atoms in total. The molecule has 0 saturated heterocycles. The molecule has 0 amide bonds. The summed E-state index contributed by atoms with van der Waals surface area (Å²) in [6, 6.07) is 5.10. The van der Waals surface area contributed by atoms with Crippen LogP contribution in [-0.2, 0) is 12.6 Å². The Morgan fingerprint density at radius 1 is 1.07 bits per heavy atom. The van der Waals surface area contributed by atoms with Crippen LogP contribution in [0, 0.1) is 11.8 Å². The van der Waals surface area contributed by atoms with Gasteiger partial charge in [0.15, 0.2) is 0 Å². The lowest BCUT2D eigenvalue weighted by atomic mass is 10.1. The van der Waals surface area contributed by atoms with E-state index in [1.807, 2.05) is 6.92 Å². The van der Waals surface area contributed by atoms with Crippen LogP contribution in [0.1, 0.15) is 24.5 Å². The number of benzene rings is 1. The van der Waals surface area contributed by atoms with Gasteiger partial charge in [-0.05, 0) is 17.7 Å². The summed E-state index contributed by atoms with van der Waals surface area (Å²) in [5, 5.41) is 0. The van der Waals surface area contributed by atoms with Gasteiger partial charge in [0.25, 0.3) is 0 Å². The molecule has 0 radical (unpaired) electrons. The number of rotatable bonds is 1. The summed E-state index contributed by atoms with van der Waals surface area (Å²) in [6.45, 7) is 1.93. The lowest BCUT2D eigenvalue weighted by Gasteiger charge is -2.06. The fraction of sp³-hybridized carbons (Fsp3) is 0.333. The smallest absolute Gasteiger partial charge is 0.166 e. The number of alkyl halides is 3. The van der Waals surface area contributed by atoms with Gasteiger partial charge in [0, 0.05) is 12.8 Å². The van der Waals surface area contributed by atoms with Crippen molar-refractivity contribution in [3.63, 3.8) is 0 Å². The van der Waals surface area contributed by atoms with Crippen LogP contribution >= 0.6 is 0 Å². The first-order chi connectivity index (χ1) is 7.04. The Bertz CT molecular complexity index is 363. The molecule has 0 N–H and O–H groups in total. The zero-order valence-electron chi connectivity index (χ0n) is 8.36. The summed E-state index contributed by atoms with van der Waals surface area (Å²) in [5.41, 5.74) is 0.193. The predicted octanol–water partition coefficient (Wildman–Crippen LogP) is 3.66. The molecule has 0 fully saturated rings. The third-order valence-electron chi connectivity index (χ3n) is 1.88. The minimum Gasteiger partial charge on any atom is -0.166 e. The number of hydrogen-bond donors (Lipinski definition) is 0. The highest BCUT2D eigenvalue weighted by atomic mass is 19.4. The van der Waals surface area contributed by atoms with Gasteiger partial charge in [0.05, 0.1) is 5.56 Å². The van der Waals surface area contributed by atoms with E-state index in [9.17, 15) is 13.2 Å². The average Bonchev–Trinajstić information content (AvgIpc) is 2.18. The first-order valence-electron chi connectivity index (χ1n) is 4.66. The monoisotopic (exact) mass is 212 g/mol. The molecule has 3 heteroatoms. The van der Waals surface area contributed by atoms with Gasteiger partial charge >= 0.3 is 6.18 Å². The quantitative estimate of drug-likeness (QED) is 0.623. The van der Waals surface area contributed by atoms with E-state index in [1.54, 1.807) is 0 Å². The first kappa shape index (κ1) is 11.6. The highest BCUT2D eigenvalue weighted by Crippen LogP contribution is 2.29. The molecule has 1 rings (SSSR count). The topological polar surface area (TPSA) is 0 Å². The lowest BCUT2D eigenvalue weighted by Crippen LogP contribution is -2.04. The molecule has 1 aromatic rings. The summed E-state index contributed by atoms with van der Waals surface area (Å²) in [4.78, 5) is 0. The van der Waals surface area contributed by atoms with E-state index < -0.39 is 11.7 Å². The van der Waals surface area contributed by atoms with E-state index in [1.165, 1.54) is 12.1 Å². The number of halogens is 3. The van der Waals surface area contributed by atoms with Crippen molar-refractivity contribution in [1.82, 2.24) is 0 Å². The van der Waals surface area contributed by atoms with Crippen LogP contribution in [0.2, 0.25) is 0 Å². The molecule has 0 saturated carbocycles. The molecule has 0 aliphatic carbocycles. The molecule has 0 unspecified atom stereocenters. The molecular formula is C12H11F3. The van der Waals surface area contributed by atoms with Crippen molar-refractivity contribution in [3.05, 3.63) is 35.4 Å². The van der Waals surface area contributed by atoms with E-state index in [0.29, 0.717) is 6.42 Å². The fourth-order valence-electron chi connectivity index (χ4n) is 1.10. The molecular weight excluding hydrogens is 201 g/mol. The van der Waals surface area contributed by atoms with Gasteiger partial charge < -0.3 is 0 Å². The van der Waals surface area contributed by atoms with E-state index >= 15 is 0 Å². The van der Waals surface area contributed by atoms with Crippen LogP contribution in [0.15, 0.2) is 24.3 Å². The zero-order chi connectivity index (χ0) is 11.3. The van der Waals surface area contributed by atoms with E-state index in [0.717, 1.165) is 24.1 Å². The maximum atomic E-state index is 12.2. The summed E-state index contributed by atoms with van der Waals surface area (Å²) in [5.74, 6) is 5.75. The lowest BCUT2D eigenvalue weighted by molar-refractivity contribution is -0.137. The standard InChI is InChI=1S/C12H11F3/c1-2-3-4-5-10-6-8-11(9-7-10)12(13,14)15/h6-9H,2,5H2,1H3. The Kier molecular flexibility index (Phi) is 3.79. The summed E-state index contributed by atoms with van der Waals surface area (Å²) in [7, 11) is 0. The molecule has 0 aliphatic heterocycles. The molecule has 0 atom stereocenters. The zero-order valence-corrected chi connectivity index (χ0v) is 8.36. The highest BCUT2D eigenvalue weighted by Gasteiger charge is 2.29. The normalized spacial score (nSPS) is 10.7. The van der Waals surface area contributed by atoms with Crippen molar-refractivity contribution in [2.24, 2.45) is 0 Å². The van der Waals surface area contributed by atoms with Gasteiger partial charge in [0.1, 0.15) is 0 Å². The summed E-state index contributed by atoms with van der Waals surface area (Å²) >= 11 is 0. The molecule has 0 aliphatic rings. The molecule has 0 bridgehead atoms. The summed E-state index contributed by atoms with van der Waals surface area (Å²) in [6.07, 6.45) is -2.99. The van der Waals surface area contributed by atoms with Crippen molar-refractivity contribution < 1.29 is 13.2 Å². The second-order valence-corrected chi connectivity index (χ2v) is 3.08. The Morgan fingerprint density at radius 3 is 2.13 bits per heavy atom. The van der Waals surface area contributed by atoms with Crippen LogP contribution in [-0.4, -0.2) is 0 Å². The average molecular weight is 212 g/mol. The van der Waals surface area contributed by atoms with Crippen LogP contribution in [0.25, 0.3) is 0 Å². The van der Waals surface area contributed by atoms with Gasteiger partial charge in [-0.2, -0.15) is 13.2 Å². The number of hydrogen-bond acceptors (Lipinski definition) is 0. The highest BCUT2D eigenvalue weighted by molar-refractivity contribution is 5.27. The Labute approximate surface area is 87.1 Å². The van der Waals surface area contributed by atoms with Gasteiger partial charge in [-0.25, -0.2) is 0 Å². The van der Waals surface area contributed by atoms with Crippen molar-refractivity contribution >= 4 is 0 Å². The van der Waals surface area contributed by atoms with Crippen molar-refractivity contribution in [2.75, 3.05) is 0 Å². The summed E-state index contributed by atoms with van der Waals surface area (Å²) < 4.78 is 36.6. The molecule has 0 heterocycles. The van der Waals surface area contributed by atoms with Crippen LogP contribution in [0.3, 0.4) is 0 Å². The van der Waals surface area contributed by atoms with Gasteiger partial charge in [-0.3, -0.25) is 0 Å². The van der Waals surface area contributed by atoms with Crippen LogP contribution < -0.4 is 0 Å². The largest absolute Gasteiger partial charge is 0.416 e. The van der Waals surface area contributed by atoms with Crippen LogP contribution in [0.4, 0.5) is 13.2 Å². The SMILES string of the molecule is CCC#CCc1ccc(C(F)(F)F)cc1. The Hall–Kier alpha value is -1.43. The molecule has 1 aromatic carbocycles. The molecule has 0 aromatic heterocycles. The van der Waals surface area contributed by atoms with Crippen molar-refractivity contribution in [3.8, 4) is 11.8 Å². The van der Waals surface area contributed by atoms with Gasteiger partial charge in [0.2, 0.25) is 0 Å². The first-order valence-corrected chi connectivity index (χ1v) is 4.66. The Balaban J connectivity index is 2.73. The fourth-order valence-corrected chi connectivity index (χ4v) is 1.10. The van der Waals surface area contributed by atoms with Gasteiger partial charge in [-0.1, -0.05) is 25.0 Å². The van der Waals surface area contributed by atoms with Crippen molar-refractivity contribution in [1.29, 1.82) is 0 Å². The van der Waals surface area contributed by atoms with E-state index in [4.69, 9.17) is 0 Å². The molecule has 0 spiro atoms. The van der Waals surface area contributed by atoms with Crippen LogP contribution in [0.5, 0.6) is 0 Å². The third kappa shape index (κ3) is 3.67. The molecule has 80 valence electrons. The van der Waals surface area contributed by atoms with Crippen molar-refractivity contribution in [2.45, 2.75) is 25.9 Å². The van der Waals surface area contributed by atoms with E-state index in [-0.39, 0.29) is 0 Å². The third-order valence-corrected chi connectivity index (χ3v) is 1.88. The maximum absolute atomic E-state index is 12.2. The Morgan fingerprint density at radius 2 is 1.67 bits per heavy atom. The molecule has 15 heavy (non-hydrogen) atoms. The maximum Gasteiger partial charge on any atom is 0.416 e. The van der Waals surface area contributed by atoms with E-state index in [2.05, 4.69) is 11.8 Å².